The Balaban J connectivity index is 0.000000568. The number of carbonyl (C=O) groups excluding carboxylic acids is 1. The van der Waals surface area contributed by atoms with Crippen molar-refractivity contribution in [3.8, 4) is 0 Å². The monoisotopic (exact) mass is 385 g/mol. The van der Waals surface area contributed by atoms with Gasteiger partial charge in [0.2, 0.25) is 0 Å². The lowest BCUT2D eigenvalue weighted by Crippen LogP contribution is -2.20. The van der Waals surface area contributed by atoms with Gasteiger partial charge in [-0.05, 0) is 31.3 Å². The van der Waals surface area contributed by atoms with Crippen molar-refractivity contribution in [1.29, 1.82) is 0 Å². The van der Waals surface area contributed by atoms with Gasteiger partial charge in [-0.25, -0.2) is 14.4 Å². The molecule has 7 nitrogen and oxygen atoms in total. The predicted molar refractivity (Wildman–Crippen MR) is 106 cm³/mol. The lowest BCUT2D eigenvalue weighted by molar-refractivity contribution is -0.159. The molecule has 7 heteroatoms. The predicted octanol–water partition coefficient (Wildman–Crippen LogP) is 2.49. The Hall–Kier alpha value is -3.45. The Morgan fingerprint density at radius 1 is 0.893 bits per heavy atom. The van der Waals surface area contributed by atoms with Gasteiger partial charge in [0.25, 0.3) is 0 Å². The number of benzene rings is 2. The van der Waals surface area contributed by atoms with Gasteiger partial charge in [-0.2, -0.15) is 0 Å². The number of ether oxygens (including phenoxy) is 1. The highest BCUT2D eigenvalue weighted by molar-refractivity contribution is 6.27. The van der Waals surface area contributed by atoms with Gasteiger partial charge in [0, 0.05) is 6.54 Å². The molecule has 0 aliphatic rings. The zero-order chi connectivity index (χ0) is 20.9. The van der Waals surface area contributed by atoms with E-state index in [9.17, 15) is 4.79 Å². The fraction of sp³-hybridized carbons (Fsp3) is 0.190. The molecule has 2 aromatic rings. The van der Waals surface area contributed by atoms with E-state index < -0.39 is 11.9 Å². The van der Waals surface area contributed by atoms with Crippen LogP contribution in [0, 0.1) is 0 Å². The summed E-state index contributed by atoms with van der Waals surface area (Å²) < 4.78 is 5.39. The van der Waals surface area contributed by atoms with Crippen LogP contribution in [-0.2, 0) is 19.1 Å². The molecular weight excluding hydrogens is 362 g/mol. The second-order valence-electron chi connectivity index (χ2n) is 5.88. The lowest BCUT2D eigenvalue weighted by atomic mass is 10.0. The molecule has 0 spiro atoms. The highest BCUT2D eigenvalue weighted by Crippen LogP contribution is 2.19. The highest BCUT2D eigenvalue weighted by Gasteiger charge is 2.13. The van der Waals surface area contributed by atoms with Gasteiger partial charge in [0.05, 0.1) is 5.57 Å². The quantitative estimate of drug-likeness (QED) is 0.341. The van der Waals surface area contributed by atoms with E-state index in [2.05, 4.69) is 0 Å². The summed E-state index contributed by atoms with van der Waals surface area (Å²) in [5, 5.41) is 14.8. The zero-order valence-corrected chi connectivity index (χ0v) is 15.7. The first-order valence-electron chi connectivity index (χ1n) is 8.41. The minimum absolute atomic E-state index is 0.295. The number of hydrogen-bond donors (Lipinski definition) is 2. The molecule has 0 atom stereocenters. The van der Waals surface area contributed by atoms with Gasteiger partial charge in [-0.3, -0.25) is 0 Å². The maximum atomic E-state index is 12.4. The molecule has 2 aromatic carbocycles. The molecule has 2 rings (SSSR count). The molecule has 0 aliphatic carbocycles. The Morgan fingerprint density at radius 3 is 1.86 bits per heavy atom. The van der Waals surface area contributed by atoms with Crippen LogP contribution in [-0.4, -0.2) is 60.3 Å². The molecule has 28 heavy (non-hydrogen) atoms. The normalized spacial score (nSPS) is 10.6. The van der Waals surface area contributed by atoms with Gasteiger partial charge in [-0.1, -0.05) is 60.7 Å². The van der Waals surface area contributed by atoms with Crippen LogP contribution < -0.4 is 0 Å². The number of esters is 1. The van der Waals surface area contributed by atoms with E-state index in [4.69, 9.17) is 24.5 Å². The summed E-state index contributed by atoms with van der Waals surface area (Å²) in [5.41, 5.74) is 2.41. The summed E-state index contributed by atoms with van der Waals surface area (Å²) in [4.78, 5) is 32.6. The minimum atomic E-state index is -1.82. The molecule has 2 N–H and O–H groups in total. The fourth-order valence-electron chi connectivity index (χ4n) is 1.99. The third-order valence-electron chi connectivity index (χ3n) is 3.37. The summed E-state index contributed by atoms with van der Waals surface area (Å²) in [6.07, 6.45) is 1.87. The van der Waals surface area contributed by atoms with E-state index in [1.165, 1.54) is 0 Å². The number of hydrogen-bond acceptors (Lipinski definition) is 5. The third kappa shape index (κ3) is 8.77. The number of carboxylic acids is 2. The summed E-state index contributed by atoms with van der Waals surface area (Å²) in [6, 6.07) is 19.4. The molecule has 0 saturated heterocycles. The maximum absolute atomic E-state index is 12.4. The molecule has 0 aliphatic heterocycles. The van der Waals surface area contributed by atoms with Crippen LogP contribution in [0.25, 0.3) is 11.6 Å². The minimum Gasteiger partial charge on any atom is -0.473 e. The number of aliphatic carboxylic acids is 2. The van der Waals surface area contributed by atoms with Crippen molar-refractivity contribution in [1.82, 2.24) is 4.90 Å². The van der Waals surface area contributed by atoms with Crippen molar-refractivity contribution in [3.63, 3.8) is 0 Å². The molecule has 0 unspecified atom stereocenters. The van der Waals surface area contributed by atoms with Crippen molar-refractivity contribution in [2.24, 2.45) is 0 Å². The van der Waals surface area contributed by atoms with Gasteiger partial charge in [-0.15, -0.1) is 0 Å². The molecule has 0 fully saturated rings. The van der Waals surface area contributed by atoms with Crippen LogP contribution in [0.15, 0.2) is 60.7 Å². The van der Waals surface area contributed by atoms with E-state index in [0.717, 1.165) is 11.1 Å². The van der Waals surface area contributed by atoms with Gasteiger partial charge >= 0.3 is 17.9 Å². The average molecular weight is 385 g/mol. The molecule has 0 radical (unpaired) electrons. The zero-order valence-electron chi connectivity index (χ0n) is 15.7. The van der Waals surface area contributed by atoms with Gasteiger partial charge < -0.3 is 19.8 Å². The number of likely N-dealkylation sites (N-methyl/N-ethyl adjacent to an activating group) is 1. The lowest BCUT2D eigenvalue weighted by Gasteiger charge is -2.12. The van der Waals surface area contributed by atoms with Crippen molar-refractivity contribution < 1.29 is 29.3 Å². The summed E-state index contributed by atoms with van der Waals surface area (Å²) in [5.74, 6) is -3.94. The number of nitrogens with zero attached hydrogens (tertiary/aromatic N) is 1. The van der Waals surface area contributed by atoms with Gasteiger partial charge in [0.15, 0.2) is 0 Å². The topological polar surface area (TPSA) is 104 Å². The summed E-state index contributed by atoms with van der Waals surface area (Å²) >= 11 is 0. The summed E-state index contributed by atoms with van der Waals surface area (Å²) in [7, 11) is 3.90. The number of rotatable bonds is 6. The summed E-state index contributed by atoms with van der Waals surface area (Å²) in [6.45, 7) is 1.09. The standard InChI is InChI=1S/C19H21NO2.C2H2O4/c1-20(2)13-14-22-19(21)18(17-11-7-4-8-12-17)15-16-9-5-3-6-10-16;3-1(4)2(5)6/h3-12,15H,13-14H2,1-2H3;(H,3,4)(H,5,6)/b18-15+;. The molecule has 0 aromatic heterocycles. The van der Waals surface area contributed by atoms with E-state index >= 15 is 0 Å². The Kier molecular flexibility index (Phi) is 9.71. The van der Waals surface area contributed by atoms with Crippen LogP contribution >= 0.6 is 0 Å². The van der Waals surface area contributed by atoms with Crippen molar-refractivity contribution in [2.45, 2.75) is 0 Å². The van der Waals surface area contributed by atoms with E-state index in [0.29, 0.717) is 18.7 Å². The van der Waals surface area contributed by atoms with Crippen molar-refractivity contribution in [3.05, 3.63) is 71.8 Å². The number of carboxylic acid groups (broad SMARTS) is 2. The van der Waals surface area contributed by atoms with Crippen molar-refractivity contribution in [2.75, 3.05) is 27.2 Å². The van der Waals surface area contributed by atoms with E-state index in [1.54, 1.807) is 0 Å². The third-order valence-corrected chi connectivity index (χ3v) is 3.37. The first-order valence-corrected chi connectivity index (χ1v) is 8.41. The molecule has 148 valence electrons. The van der Waals surface area contributed by atoms with Crippen LogP contribution in [0.1, 0.15) is 11.1 Å². The van der Waals surface area contributed by atoms with E-state index in [-0.39, 0.29) is 5.97 Å². The first kappa shape index (κ1) is 22.6. The van der Waals surface area contributed by atoms with Crippen molar-refractivity contribution >= 4 is 29.6 Å². The molecular formula is C21H23NO6. The van der Waals surface area contributed by atoms with Crippen LogP contribution in [0.2, 0.25) is 0 Å². The Bertz CT molecular complexity index is 788. The van der Waals surface area contributed by atoms with E-state index in [1.807, 2.05) is 85.7 Å². The fourth-order valence-corrected chi connectivity index (χ4v) is 1.99. The van der Waals surface area contributed by atoms with Crippen LogP contribution in [0.3, 0.4) is 0 Å². The van der Waals surface area contributed by atoms with Gasteiger partial charge in [0.1, 0.15) is 6.61 Å². The Morgan fingerprint density at radius 2 is 1.39 bits per heavy atom. The van der Waals surface area contributed by atoms with Crippen LogP contribution in [0.5, 0.6) is 0 Å². The maximum Gasteiger partial charge on any atom is 0.414 e. The SMILES string of the molecule is CN(C)CCOC(=O)/C(=C/c1ccccc1)c1ccccc1.O=C(O)C(=O)O. The average Bonchev–Trinajstić information content (AvgIpc) is 2.67. The largest absolute Gasteiger partial charge is 0.473 e. The first-order chi connectivity index (χ1) is 13.3. The Labute approximate surface area is 163 Å². The second-order valence-corrected chi connectivity index (χ2v) is 5.88. The number of carbonyl (C=O) groups is 3. The molecule has 0 amide bonds. The molecule has 0 saturated carbocycles. The van der Waals surface area contributed by atoms with Crippen LogP contribution in [0.4, 0.5) is 0 Å². The molecule has 0 heterocycles. The highest BCUT2D eigenvalue weighted by atomic mass is 16.5. The molecule has 0 bridgehead atoms. The smallest absolute Gasteiger partial charge is 0.414 e. The second kappa shape index (κ2) is 12.0.